The van der Waals surface area contributed by atoms with Crippen LogP contribution in [-0.4, -0.2) is 4.98 Å². The molecule has 0 fully saturated rings. The Morgan fingerprint density at radius 1 is 0.842 bits per heavy atom. The van der Waals surface area contributed by atoms with Gasteiger partial charge in [-0.2, -0.15) is 0 Å². The monoisotopic (exact) mass is 261 g/mol. The molecular weight excluding hydrogens is 230 g/mol. The predicted octanol–water partition coefficient (Wildman–Crippen LogP) is 6.11. The summed E-state index contributed by atoms with van der Waals surface area (Å²) in [5.74, 6) is 0.682. The van der Waals surface area contributed by atoms with Crippen molar-refractivity contribution >= 4 is 0 Å². The fraction of sp³-hybridized carbons (Fsp3) is 0.722. The van der Waals surface area contributed by atoms with E-state index in [0.29, 0.717) is 5.92 Å². The molecule has 1 aromatic heterocycles. The van der Waals surface area contributed by atoms with Crippen LogP contribution in [0, 0.1) is 0 Å². The molecule has 1 rings (SSSR count). The van der Waals surface area contributed by atoms with Crippen LogP contribution in [0.25, 0.3) is 0 Å². The quantitative estimate of drug-likeness (QED) is 0.438. The first-order chi connectivity index (χ1) is 9.38. The molecule has 0 amide bonds. The van der Waals surface area contributed by atoms with Crippen LogP contribution in [0.2, 0.25) is 0 Å². The van der Waals surface area contributed by atoms with Gasteiger partial charge in [-0.1, -0.05) is 71.3 Å². The number of rotatable bonds is 11. The van der Waals surface area contributed by atoms with E-state index >= 15 is 0 Å². The van der Waals surface area contributed by atoms with Gasteiger partial charge in [0.1, 0.15) is 0 Å². The van der Waals surface area contributed by atoms with E-state index < -0.39 is 0 Å². The van der Waals surface area contributed by atoms with Crippen molar-refractivity contribution in [2.45, 2.75) is 84.0 Å². The van der Waals surface area contributed by atoms with Crippen LogP contribution in [0.3, 0.4) is 0 Å². The Labute approximate surface area is 119 Å². The minimum atomic E-state index is 0.682. The largest absolute Gasteiger partial charge is 0.261 e. The second-order valence-corrected chi connectivity index (χ2v) is 5.65. The SMILES string of the molecule is CCCCCCCCCC(CCC)c1ccccn1. The zero-order valence-electron chi connectivity index (χ0n) is 12.9. The number of pyridine rings is 1. The van der Waals surface area contributed by atoms with Crippen molar-refractivity contribution in [3.05, 3.63) is 30.1 Å². The molecule has 0 aliphatic rings. The predicted molar refractivity (Wildman–Crippen MR) is 84.5 cm³/mol. The van der Waals surface area contributed by atoms with Gasteiger partial charge >= 0.3 is 0 Å². The second kappa shape index (κ2) is 11.0. The minimum absolute atomic E-state index is 0.682. The van der Waals surface area contributed by atoms with Crippen molar-refractivity contribution in [1.29, 1.82) is 0 Å². The van der Waals surface area contributed by atoms with Crippen molar-refractivity contribution in [1.82, 2.24) is 4.98 Å². The zero-order chi connectivity index (χ0) is 13.8. The Morgan fingerprint density at radius 2 is 1.58 bits per heavy atom. The van der Waals surface area contributed by atoms with Gasteiger partial charge in [-0.25, -0.2) is 0 Å². The van der Waals surface area contributed by atoms with Gasteiger partial charge in [-0.3, -0.25) is 4.98 Å². The maximum atomic E-state index is 4.54. The number of aromatic nitrogens is 1. The van der Waals surface area contributed by atoms with Crippen molar-refractivity contribution < 1.29 is 0 Å². The van der Waals surface area contributed by atoms with Crippen molar-refractivity contribution in [3.8, 4) is 0 Å². The molecule has 1 unspecified atom stereocenters. The third kappa shape index (κ3) is 7.34. The summed E-state index contributed by atoms with van der Waals surface area (Å²) in [5.41, 5.74) is 1.30. The highest BCUT2D eigenvalue weighted by Crippen LogP contribution is 2.25. The lowest BCUT2D eigenvalue weighted by atomic mass is 9.92. The topological polar surface area (TPSA) is 12.9 Å². The Kier molecular flexibility index (Phi) is 9.40. The van der Waals surface area contributed by atoms with Crippen LogP contribution >= 0.6 is 0 Å². The van der Waals surface area contributed by atoms with Gasteiger partial charge in [-0.15, -0.1) is 0 Å². The molecule has 1 atom stereocenters. The minimum Gasteiger partial charge on any atom is -0.261 e. The first-order valence-electron chi connectivity index (χ1n) is 8.29. The molecular formula is C18H31N. The molecule has 1 nitrogen and oxygen atoms in total. The molecule has 108 valence electrons. The van der Waals surface area contributed by atoms with E-state index in [1.165, 1.54) is 69.9 Å². The highest BCUT2D eigenvalue weighted by Gasteiger charge is 2.10. The highest BCUT2D eigenvalue weighted by molar-refractivity contribution is 5.09. The van der Waals surface area contributed by atoms with Crippen LogP contribution < -0.4 is 0 Å². The lowest BCUT2D eigenvalue weighted by molar-refractivity contribution is 0.502. The normalized spacial score (nSPS) is 12.5. The molecule has 1 heteroatoms. The van der Waals surface area contributed by atoms with Crippen LogP contribution in [0.15, 0.2) is 24.4 Å². The third-order valence-corrected chi connectivity index (χ3v) is 3.90. The van der Waals surface area contributed by atoms with Crippen LogP contribution in [0.5, 0.6) is 0 Å². The van der Waals surface area contributed by atoms with Gasteiger partial charge in [0.2, 0.25) is 0 Å². The van der Waals surface area contributed by atoms with Gasteiger partial charge in [0, 0.05) is 17.8 Å². The van der Waals surface area contributed by atoms with E-state index in [2.05, 4.69) is 31.0 Å². The highest BCUT2D eigenvalue weighted by atomic mass is 14.7. The first-order valence-corrected chi connectivity index (χ1v) is 8.29. The molecule has 1 heterocycles. The van der Waals surface area contributed by atoms with Gasteiger partial charge in [0.15, 0.2) is 0 Å². The summed E-state index contributed by atoms with van der Waals surface area (Å²) < 4.78 is 0. The maximum absolute atomic E-state index is 4.54. The zero-order valence-corrected chi connectivity index (χ0v) is 12.9. The van der Waals surface area contributed by atoms with Crippen LogP contribution in [-0.2, 0) is 0 Å². The Morgan fingerprint density at radius 3 is 2.21 bits per heavy atom. The molecule has 0 saturated carbocycles. The summed E-state index contributed by atoms with van der Waals surface area (Å²) in [6.45, 7) is 4.56. The third-order valence-electron chi connectivity index (χ3n) is 3.90. The summed E-state index contributed by atoms with van der Waals surface area (Å²) >= 11 is 0. The van der Waals surface area contributed by atoms with E-state index in [-0.39, 0.29) is 0 Å². The van der Waals surface area contributed by atoms with Crippen molar-refractivity contribution in [2.24, 2.45) is 0 Å². The van der Waals surface area contributed by atoms with E-state index in [9.17, 15) is 0 Å². The summed E-state index contributed by atoms with van der Waals surface area (Å²) in [6.07, 6.45) is 15.6. The molecule has 0 radical (unpaired) electrons. The number of unbranched alkanes of at least 4 members (excludes halogenated alkanes) is 6. The smallest absolute Gasteiger partial charge is 0.0434 e. The lowest BCUT2D eigenvalue weighted by Crippen LogP contribution is -2.01. The first kappa shape index (κ1) is 16.2. The van der Waals surface area contributed by atoms with Crippen LogP contribution in [0.1, 0.15) is 89.7 Å². The second-order valence-electron chi connectivity index (χ2n) is 5.65. The molecule has 1 aromatic rings. The summed E-state index contributed by atoms with van der Waals surface area (Å²) in [7, 11) is 0. The molecule has 0 aromatic carbocycles. The summed E-state index contributed by atoms with van der Waals surface area (Å²) in [4.78, 5) is 4.54. The summed E-state index contributed by atoms with van der Waals surface area (Å²) in [5, 5.41) is 0. The number of nitrogens with zero attached hydrogens (tertiary/aromatic N) is 1. The van der Waals surface area contributed by atoms with Gasteiger partial charge in [-0.05, 0) is 25.0 Å². The average molecular weight is 261 g/mol. The Bertz CT molecular complexity index is 294. The van der Waals surface area contributed by atoms with Crippen LogP contribution in [0.4, 0.5) is 0 Å². The van der Waals surface area contributed by atoms with E-state index in [0.717, 1.165) is 0 Å². The molecule has 0 aliphatic heterocycles. The Balaban J connectivity index is 2.20. The molecule has 0 N–H and O–H groups in total. The van der Waals surface area contributed by atoms with Crippen molar-refractivity contribution in [3.63, 3.8) is 0 Å². The lowest BCUT2D eigenvalue weighted by Gasteiger charge is -2.15. The van der Waals surface area contributed by atoms with E-state index in [1.54, 1.807) is 0 Å². The molecule has 0 aliphatic carbocycles. The average Bonchev–Trinajstić information content (AvgIpc) is 2.46. The molecule has 0 saturated heterocycles. The van der Waals surface area contributed by atoms with E-state index in [1.807, 2.05) is 12.3 Å². The van der Waals surface area contributed by atoms with Gasteiger partial charge in [0.25, 0.3) is 0 Å². The fourth-order valence-electron chi connectivity index (χ4n) is 2.75. The fourth-order valence-corrected chi connectivity index (χ4v) is 2.75. The maximum Gasteiger partial charge on any atom is 0.0434 e. The molecule has 19 heavy (non-hydrogen) atoms. The van der Waals surface area contributed by atoms with Gasteiger partial charge < -0.3 is 0 Å². The summed E-state index contributed by atoms with van der Waals surface area (Å²) in [6, 6.07) is 6.33. The molecule has 0 spiro atoms. The van der Waals surface area contributed by atoms with E-state index in [4.69, 9.17) is 0 Å². The standard InChI is InChI=1S/C18H31N/c1-3-5-6-7-8-9-10-14-17(13-4-2)18-15-11-12-16-19-18/h11-12,15-17H,3-10,13-14H2,1-2H3. The van der Waals surface area contributed by atoms with Gasteiger partial charge in [0.05, 0.1) is 0 Å². The Hall–Kier alpha value is -0.850. The number of hydrogen-bond acceptors (Lipinski definition) is 1. The molecule has 0 bridgehead atoms. The number of hydrogen-bond donors (Lipinski definition) is 0. The van der Waals surface area contributed by atoms with Crippen molar-refractivity contribution in [2.75, 3.05) is 0 Å².